The van der Waals surface area contributed by atoms with Crippen LogP contribution in [0.2, 0.25) is 0 Å². The minimum atomic E-state index is -0.760. The Hall–Kier alpha value is -1.75. The Morgan fingerprint density at radius 1 is 1.50 bits per heavy atom. The molecule has 2 rings (SSSR count). The van der Waals surface area contributed by atoms with Crippen LogP contribution in [0.4, 0.5) is 5.69 Å². The van der Waals surface area contributed by atoms with Crippen LogP contribution in [-0.2, 0) is 4.79 Å². The van der Waals surface area contributed by atoms with Gasteiger partial charge >= 0.3 is 5.97 Å². The van der Waals surface area contributed by atoms with Crippen molar-refractivity contribution in [2.24, 2.45) is 5.92 Å². The summed E-state index contributed by atoms with van der Waals surface area (Å²) in [6, 6.07) is 7.70. The summed E-state index contributed by atoms with van der Waals surface area (Å²) in [5.74, 6) is -0.370. The molecule has 1 aromatic carbocycles. The molecule has 0 amide bonds. The van der Waals surface area contributed by atoms with Crippen LogP contribution in [0.1, 0.15) is 0 Å². The maximum atomic E-state index is 11.1. The van der Waals surface area contributed by atoms with E-state index in [1.54, 1.807) is 7.11 Å². The predicted molar refractivity (Wildman–Crippen MR) is 69.2 cm³/mol. The Bertz CT molecular complexity index is 422. The standard InChI is InChI=1S/C13H18N2O3/c1-18-12-5-3-2-4-11(12)15-7-6-14-8-10(9-15)13(16)17/h2-5,10,14H,6-9H2,1H3,(H,16,17). The van der Waals surface area contributed by atoms with E-state index in [1.165, 1.54) is 0 Å². The molecule has 0 spiro atoms. The first-order valence-corrected chi connectivity index (χ1v) is 6.04. The highest BCUT2D eigenvalue weighted by Gasteiger charge is 2.24. The third-order valence-corrected chi connectivity index (χ3v) is 3.17. The molecule has 0 bridgehead atoms. The molecule has 0 radical (unpaired) electrons. The van der Waals surface area contributed by atoms with Crippen LogP contribution < -0.4 is 15.0 Å². The normalized spacial score (nSPS) is 20.3. The van der Waals surface area contributed by atoms with E-state index in [2.05, 4.69) is 10.2 Å². The fourth-order valence-electron chi connectivity index (χ4n) is 2.19. The number of hydrogen-bond donors (Lipinski definition) is 2. The molecule has 2 N–H and O–H groups in total. The number of methoxy groups -OCH3 is 1. The number of anilines is 1. The number of nitrogens with zero attached hydrogens (tertiary/aromatic N) is 1. The monoisotopic (exact) mass is 250 g/mol. The summed E-state index contributed by atoms with van der Waals surface area (Å²) in [5.41, 5.74) is 0.954. The van der Waals surface area contributed by atoms with Gasteiger partial charge in [0.15, 0.2) is 0 Å². The maximum absolute atomic E-state index is 11.1. The maximum Gasteiger partial charge on any atom is 0.309 e. The van der Waals surface area contributed by atoms with E-state index in [4.69, 9.17) is 9.84 Å². The Morgan fingerprint density at radius 2 is 2.28 bits per heavy atom. The highest BCUT2D eigenvalue weighted by atomic mass is 16.5. The number of rotatable bonds is 3. The first kappa shape index (κ1) is 12.7. The molecule has 1 saturated heterocycles. The first-order chi connectivity index (χ1) is 8.72. The summed E-state index contributed by atoms with van der Waals surface area (Å²) >= 11 is 0. The fourth-order valence-corrected chi connectivity index (χ4v) is 2.19. The van der Waals surface area contributed by atoms with Crippen LogP contribution in [0, 0.1) is 5.92 Å². The Morgan fingerprint density at radius 3 is 3.00 bits per heavy atom. The summed E-state index contributed by atoms with van der Waals surface area (Å²) in [6.07, 6.45) is 0. The second-order valence-electron chi connectivity index (χ2n) is 4.36. The zero-order valence-corrected chi connectivity index (χ0v) is 10.4. The van der Waals surface area contributed by atoms with Gasteiger partial charge in [0.25, 0.3) is 0 Å². The fraction of sp³-hybridized carbons (Fsp3) is 0.462. The topological polar surface area (TPSA) is 61.8 Å². The number of ether oxygens (including phenoxy) is 1. The van der Waals surface area contributed by atoms with Crippen molar-refractivity contribution in [2.75, 3.05) is 38.2 Å². The Balaban J connectivity index is 2.22. The number of benzene rings is 1. The average Bonchev–Trinajstić information content (AvgIpc) is 2.64. The van der Waals surface area contributed by atoms with Gasteiger partial charge in [-0.2, -0.15) is 0 Å². The van der Waals surface area contributed by atoms with Crippen LogP contribution in [0.5, 0.6) is 5.75 Å². The van der Waals surface area contributed by atoms with E-state index < -0.39 is 11.9 Å². The van der Waals surface area contributed by atoms with E-state index in [9.17, 15) is 4.79 Å². The van der Waals surface area contributed by atoms with Crippen LogP contribution >= 0.6 is 0 Å². The van der Waals surface area contributed by atoms with Gasteiger partial charge in [0.2, 0.25) is 0 Å². The number of aliphatic carboxylic acids is 1. The van der Waals surface area contributed by atoms with Crippen LogP contribution in [0.3, 0.4) is 0 Å². The minimum Gasteiger partial charge on any atom is -0.495 e. The molecule has 0 aliphatic carbocycles. The van der Waals surface area contributed by atoms with E-state index >= 15 is 0 Å². The summed E-state index contributed by atoms with van der Waals surface area (Å²) < 4.78 is 5.33. The summed E-state index contributed by atoms with van der Waals surface area (Å²) in [7, 11) is 1.63. The molecule has 1 aromatic rings. The molecule has 18 heavy (non-hydrogen) atoms. The van der Waals surface area contributed by atoms with Gasteiger partial charge in [-0.3, -0.25) is 4.79 Å². The van der Waals surface area contributed by atoms with Crippen molar-refractivity contribution in [2.45, 2.75) is 0 Å². The number of carboxylic acids is 1. The first-order valence-electron chi connectivity index (χ1n) is 6.04. The summed E-state index contributed by atoms with van der Waals surface area (Å²) in [4.78, 5) is 13.2. The lowest BCUT2D eigenvalue weighted by molar-refractivity contribution is -0.141. The average molecular weight is 250 g/mol. The largest absolute Gasteiger partial charge is 0.495 e. The molecule has 5 heteroatoms. The molecule has 1 unspecified atom stereocenters. The second-order valence-corrected chi connectivity index (χ2v) is 4.36. The number of carboxylic acid groups (broad SMARTS) is 1. The highest BCUT2D eigenvalue weighted by molar-refractivity contribution is 5.72. The molecule has 1 heterocycles. The minimum absolute atomic E-state index is 0.391. The highest BCUT2D eigenvalue weighted by Crippen LogP contribution is 2.28. The Kier molecular flexibility index (Phi) is 4.04. The molecule has 5 nitrogen and oxygen atoms in total. The Labute approximate surface area is 106 Å². The van der Waals surface area contributed by atoms with E-state index in [-0.39, 0.29) is 0 Å². The smallest absolute Gasteiger partial charge is 0.309 e. The predicted octanol–water partition coefficient (Wildman–Crippen LogP) is 0.806. The van der Waals surface area contributed by atoms with Crippen LogP contribution in [0.25, 0.3) is 0 Å². The van der Waals surface area contributed by atoms with Crippen molar-refractivity contribution in [3.63, 3.8) is 0 Å². The van der Waals surface area contributed by atoms with Crippen molar-refractivity contribution in [1.82, 2.24) is 5.32 Å². The van der Waals surface area contributed by atoms with E-state index in [1.807, 2.05) is 24.3 Å². The zero-order chi connectivity index (χ0) is 13.0. The lowest BCUT2D eigenvalue weighted by Gasteiger charge is -2.26. The van der Waals surface area contributed by atoms with Crippen molar-refractivity contribution in [3.05, 3.63) is 24.3 Å². The van der Waals surface area contributed by atoms with Gasteiger partial charge in [0, 0.05) is 26.2 Å². The van der Waals surface area contributed by atoms with E-state index in [0.717, 1.165) is 24.5 Å². The summed E-state index contributed by atoms with van der Waals surface area (Å²) in [6.45, 7) is 2.58. The summed E-state index contributed by atoms with van der Waals surface area (Å²) in [5, 5.41) is 12.3. The zero-order valence-electron chi connectivity index (χ0n) is 10.4. The van der Waals surface area contributed by atoms with Gasteiger partial charge in [-0.05, 0) is 12.1 Å². The molecule has 1 fully saturated rings. The second kappa shape index (κ2) is 5.73. The van der Waals surface area contributed by atoms with Crippen molar-refractivity contribution >= 4 is 11.7 Å². The van der Waals surface area contributed by atoms with Crippen molar-refractivity contribution < 1.29 is 14.6 Å². The van der Waals surface area contributed by atoms with Crippen molar-refractivity contribution in [1.29, 1.82) is 0 Å². The quantitative estimate of drug-likeness (QED) is 0.831. The van der Waals surface area contributed by atoms with Gasteiger partial charge < -0.3 is 20.1 Å². The molecule has 0 saturated carbocycles. The number of para-hydroxylation sites is 2. The van der Waals surface area contributed by atoms with Crippen LogP contribution in [0.15, 0.2) is 24.3 Å². The molecule has 1 aliphatic rings. The van der Waals surface area contributed by atoms with Gasteiger partial charge in [0.05, 0.1) is 18.7 Å². The number of hydrogen-bond acceptors (Lipinski definition) is 4. The molecule has 0 aromatic heterocycles. The lowest BCUT2D eigenvalue weighted by Crippen LogP contribution is -2.34. The molecule has 1 atom stereocenters. The van der Waals surface area contributed by atoms with Gasteiger partial charge in [-0.25, -0.2) is 0 Å². The van der Waals surface area contributed by atoms with Crippen molar-refractivity contribution in [3.8, 4) is 5.75 Å². The van der Waals surface area contributed by atoms with Gasteiger partial charge in [0.1, 0.15) is 5.75 Å². The van der Waals surface area contributed by atoms with E-state index in [0.29, 0.717) is 13.1 Å². The molecular weight excluding hydrogens is 232 g/mol. The lowest BCUT2D eigenvalue weighted by atomic mass is 10.1. The third kappa shape index (κ3) is 2.73. The molecule has 98 valence electrons. The third-order valence-electron chi connectivity index (χ3n) is 3.17. The van der Waals surface area contributed by atoms with Crippen LogP contribution in [-0.4, -0.2) is 44.4 Å². The van der Waals surface area contributed by atoms with Gasteiger partial charge in [-0.1, -0.05) is 12.1 Å². The number of carbonyl (C=O) groups is 1. The van der Waals surface area contributed by atoms with Gasteiger partial charge in [-0.15, -0.1) is 0 Å². The number of nitrogens with one attached hydrogen (secondary N) is 1. The molecular formula is C13H18N2O3. The SMILES string of the molecule is COc1ccccc1N1CCNCC(C(=O)O)C1. The molecule has 1 aliphatic heterocycles.